The minimum atomic E-state index is -0.256. The van der Waals surface area contributed by atoms with Gasteiger partial charge in [-0.05, 0) is 60.7 Å². The summed E-state index contributed by atoms with van der Waals surface area (Å²) in [5.41, 5.74) is 3.69. The summed E-state index contributed by atoms with van der Waals surface area (Å²) < 4.78 is 20.5. The first-order chi connectivity index (χ1) is 16.2. The fraction of sp³-hybridized carbons (Fsp3) is 0.0833. The third-order valence-electron chi connectivity index (χ3n) is 4.89. The van der Waals surface area contributed by atoms with Crippen LogP contribution in [0.2, 0.25) is 0 Å². The molecule has 0 spiro atoms. The van der Waals surface area contributed by atoms with Crippen molar-refractivity contribution in [3.63, 3.8) is 0 Å². The standard InChI is InChI=1S/C24H18FN5OS2/c1-31-21-8-6-20(7-9-21)30-22(16-10-12-26-13-11-16)28-29-24(30)33-15-19-14-32-23(27-19)17-2-4-18(25)5-3-17/h2-14H,15H2,1H3. The van der Waals surface area contributed by atoms with E-state index in [0.29, 0.717) is 5.75 Å². The van der Waals surface area contributed by atoms with Crippen LogP contribution in [0.15, 0.2) is 83.6 Å². The lowest BCUT2D eigenvalue weighted by molar-refractivity contribution is 0.414. The number of rotatable bonds is 7. The molecule has 33 heavy (non-hydrogen) atoms. The first kappa shape index (κ1) is 21.3. The summed E-state index contributed by atoms with van der Waals surface area (Å²) in [5.74, 6) is 1.88. The fourth-order valence-electron chi connectivity index (χ4n) is 3.25. The zero-order valence-electron chi connectivity index (χ0n) is 17.6. The van der Waals surface area contributed by atoms with Gasteiger partial charge in [-0.25, -0.2) is 9.37 Å². The van der Waals surface area contributed by atoms with Crippen LogP contribution in [-0.4, -0.2) is 31.8 Å². The molecule has 0 atom stereocenters. The van der Waals surface area contributed by atoms with E-state index < -0.39 is 0 Å². The Morgan fingerprint density at radius 3 is 2.42 bits per heavy atom. The van der Waals surface area contributed by atoms with Crippen LogP contribution in [0.4, 0.5) is 4.39 Å². The Balaban J connectivity index is 1.43. The lowest BCUT2D eigenvalue weighted by atomic mass is 10.2. The Labute approximate surface area is 198 Å². The molecule has 5 rings (SSSR count). The second-order valence-corrected chi connectivity index (χ2v) is 8.82. The number of halogens is 1. The highest BCUT2D eigenvalue weighted by Crippen LogP contribution is 2.32. The maximum absolute atomic E-state index is 13.2. The van der Waals surface area contributed by atoms with Crippen LogP contribution >= 0.6 is 23.1 Å². The number of pyridine rings is 1. The van der Waals surface area contributed by atoms with Crippen LogP contribution in [0.5, 0.6) is 5.75 Å². The summed E-state index contributed by atoms with van der Waals surface area (Å²) in [7, 11) is 1.64. The molecule has 0 saturated carbocycles. The molecule has 0 aliphatic carbocycles. The van der Waals surface area contributed by atoms with Crippen molar-refractivity contribution in [3.8, 4) is 33.4 Å². The van der Waals surface area contributed by atoms with E-state index in [-0.39, 0.29) is 5.82 Å². The van der Waals surface area contributed by atoms with Crippen molar-refractivity contribution in [1.82, 2.24) is 24.7 Å². The van der Waals surface area contributed by atoms with E-state index in [4.69, 9.17) is 9.72 Å². The lowest BCUT2D eigenvalue weighted by Crippen LogP contribution is -2.00. The van der Waals surface area contributed by atoms with Crippen molar-refractivity contribution >= 4 is 23.1 Å². The Morgan fingerprint density at radius 1 is 0.939 bits per heavy atom. The van der Waals surface area contributed by atoms with Gasteiger partial charge in [-0.15, -0.1) is 21.5 Å². The van der Waals surface area contributed by atoms with Gasteiger partial charge in [0.15, 0.2) is 11.0 Å². The van der Waals surface area contributed by atoms with Gasteiger partial charge in [0, 0.05) is 40.3 Å². The monoisotopic (exact) mass is 475 g/mol. The van der Waals surface area contributed by atoms with Crippen molar-refractivity contribution in [1.29, 1.82) is 0 Å². The number of thioether (sulfide) groups is 1. The van der Waals surface area contributed by atoms with E-state index in [9.17, 15) is 4.39 Å². The van der Waals surface area contributed by atoms with Crippen molar-refractivity contribution < 1.29 is 9.13 Å². The SMILES string of the molecule is COc1ccc(-n2c(SCc3csc(-c4ccc(F)cc4)n3)nnc2-c2ccncc2)cc1. The molecule has 5 aromatic rings. The average molecular weight is 476 g/mol. The van der Waals surface area contributed by atoms with E-state index in [2.05, 4.69) is 15.2 Å². The first-order valence-electron chi connectivity index (χ1n) is 10.0. The van der Waals surface area contributed by atoms with Crippen molar-refractivity contribution in [2.45, 2.75) is 10.9 Å². The van der Waals surface area contributed by atoms with Crippen molar-refractivity contribution in [3.05, 3.63) is 89.9 Å². The van der Waals surface area contributed by atoms with Crippen LogP contribution in [0, 0.1) is 5.82 Å². The molecule has 3 aromatic heterocycles. The lowest BCUT2D eigenvalue weighted by Gasteiger charge is -2.11. The quantitative estimate of drug-likeness (QED) is 0.273. The van der Waals surface area contributed by atoms with Gasteiger partial charge in [0.2, 0.25) is 0 Å². The molecule has 3 heterocycles. The van der Waals surface area contributed by atoms with Gasteiger partial charge < -0.3 is 4.74 Å². The van der Waals surface area contributed by atoms with Crippen LogP contribution in [0.25, 0.3) is 27.6 Å². The molecular formula is C24H18FN5OS2. The summed E-state index contributed by atoms with van der Waals surface area (Å²) in [4.78, 5) is 8.81. The molecule has 0 unspecified atom stereocenters. The zero-order chi connectivity index (χ0) is 22.6. The van der Waals surface area contributed by atoms with Gasteiger partial charge >= 0.3 is 0 Å². The van der Waals surface area contributed by atoms with E-state index in [1.54, 1.807) is 43.4 Å². The molecule has 0 radical (unpaired) electrons. The van der Waals surface area contributed by atoms with Gasteiger partial charge in [-0.3, -0.25) is 9.55 Å². The van der Waals surface area contributed by atoms with Crippen molar-refractivity contribution in [2.24, 2.45) is 0 Å². The largest absolute Gasteiger partial charge is 0.497 e. The average Bonchev–Trinajstić information content (AvgIpc) is 3.51. The van der Waals surface area contributed by atoms with Gasteiger partial charge in [0.25, 0.3) is 0 Å². The molecule has 9 heteroatoms. The summed E-state index contributed by atoms with van der Waals surface area (Å²) in [6.45, 7) is 0. The Morgan fingerprint density at radius 2 is 1.70 bits per heavy atom. The van der Waals surface area contributed by atoms with Crippen LogP contribution in [-0.2, 0) is 5.75 Å². The molecule has 2 aromatic carbocycles. The fourth-order valence-corrected chi connectivity index (χ4v) is 5.03. The number of nitrogens with zero attached hydrogens (tertiary/aromatic N) is 5. The molecular weight excluding hydrogens is 457 g/mol. The number of hydrogen-bond acceptors (Lipinski definition) is 7. The van der Waals surface area contributed by atoms with E-state index in [1.165, 1.54) is 23.5 Å². The molecule has 0 amide bonds. The normalized spacial score (nSPS) is 11.0. The van der Waals surface area contributed by atoms with Crippen LogP contribution in [0.1, 0.15) is 5.69 Å². The number of benzene rings is 2. The molecule has 0 fully saturated rings. The summed E-state index contributed by atoms with van der Waals surface area (Å²) in [6.07, 6.45) is 3.48. The Kier molecular flexibility index (Phi) is 6.14. The second kappa shape index (κ2) is 9.51. The minimum absolute atomic E-state index is 0.256. The molecule has 0 aliphatic heterocycles. The number of thiazole rings is 1. The third-order valence-corrected chi connectivity index (χ3v) is 6.80. The van der Waals surface area contributed by atoms with Crippen LogP contribution in [0.3, 0.4) is 0 Å². The molecule has 0 bridgehead atoms. The smallest absolute Gasteiger partial charge is 0.196 e. The van der Waals surface area contributed by atoms with Gasteiger partial charge in [-0.2, -0.15) is 0 Å². The summed E-state index contributed by atoms with van der Waals surface area (Å²) in [6, 6.07) is 18.0. The Bertz CT molecular complexity index is 1350. The topological polar surface area (TPSA) is 65.7 Å². The minimum Gasteiger partial charge on any atom is -0.497 e. The van der Waals surface area contributed by atoms with Gasteiger partial charge in [0.1, 0.15) is 16.6 Å². The number of methoxy groups -OCH3 is 1. The van der Waals surface area contributed by atoms with E-state index in [0.717, 1.165) is 44.2 Å². The summed E-state index contributed by atoms with van der Waals surface area (Å²) in [5, 5.41) is 12.5. The molecule has 164 valence electrons. The highest BCUT2D eigenvalue weighted by Gasteiger charge is 2.17. The Hall–Kier alpha value is -3.56. The predicted molar refractivity (Wildman–Crippen MR) is 128 cm³/mol. The first-order valence-corrected chi connectivity index (χ1v) is 11.9. The predicted octanol–water partition coefficient (Wildman–Crippen LogP) is 5.89. The molecule has 0 N–H and O–H groups in total. The highest BCUT2D eigenvalue weighted by atomic mass is 32.2. The molecule has 0 aliphatic rings. The number of hydrogen-bond donors (Lipinski definition) is 0. The molecule has 6 nitrogen and oxygen atoms in total. The number of aromatic nitrogens is 5. The van der Waals surface area contributed by atoms with Gasteiger partial charge in [0.05, 0.1) is 12.8 Å². The number of ether oxygens (including phenoxy) is 1. The zero-order valence-corrected chi connectivity index (χ0v) is 19.2. The van der Waals surface area contributed by atoms with Gasteiger partial charge in [-0.1, -0.05) is 11.8 Å². The van der Waals surface area contributed by atoms with Crippen LogP contribution < -0.4 is 4.74 Å². The van der Waals surface area contributed by atoms with Crippen molar-refractivity contribution in [2.75, 3.05) is 7.11 Å². The third kappa shape index (κ3) is 4.64. The maximum atomic E-state index is 13.2. The molecule has 0 saturated heterocycles. The summed E-state index contributed by atoms with van der Waals surface area (Å²) >= 11 is 3.10. The highest BCUT2D eigenvalue weighted by molar-refractivity contribution is 7.98. The maximum Gasteiger partial charge on any atom is 0.196 e. The van der Waals surface area contributed by atoms with E-state index >= 15 is 0 Å². The van der Waals surface area contributed by atoms with E-state index in [1.807, 2.05) is 46.3 Å². The second-order valence-electron chi connectivity index (χ2n) is 7.02.